The van der Waals surface area contributed by atoms with E-state index in [1.807, 2.05) is 25.1 Å². The number of esters is 2. The maximum atomic E-state index is 12.3. The van der Waals surface area contributed by atoms with Gasteiger partial charge < -0.3 is 19.7 Å². The molecular formula is C16H24N2O5S. The minimum Gasteiger partial charge on any atom is -0.466 e. The summed E-state index contributed by atoms with van der Waals surface area (Å²) in [5, 5.41) is 3.57. The summed E-state index contributed by atoms with van der Waals surface area (Å²) in [6.07, 6.45) is 0.167. The Morgan fingerprint density at radius 3 is 2.38 bits per heavy atom. The Morgan fingerprint density at radius 2 is 1.83 bits per heavy atom. The van der Waals surface area contributed by atoms with Crippen LogP contribution in [0.1, 0.15) is 36.4 Å². The topological polar surface area (TPSA) is 84.9 Å². The number of nitrogens with zero attached hydrogens (tertiary/aromatic N) is 1. The van der Waals surface area contributed by atoms with Gasteiger partial charge in [0.05, 0.1) is 23.1 Å². The number of rotatable bonds is 9. The molecule has 0 saturated heterocycles. The molecule has 0 bridgehead atoms. The summed E-state index contributed by atoms with van der Waals surface area (Å²) in [4.78, 5) is 38.2. The van der Waals surface area contributed by atoms with Crippen LogP contribution in [0.25, 0.3) is 0 Å². The monoisotopic (exact) mass is 356 g/mol. The molecule has 7 nitrogen and oxygen atoms in total. The van der Waals surface area contributed by atoms with Crippen LogP contribution in [0.5, 0.6) is 0 Å². The Kier molecular flexibility index (Phi) is 8.25. The van der Waals surface area contributed by atoms with Crippen LogP contribution in [0.2, 0.25) is 0 Å². The molecule has 1 heterocycles. The van der Waals surface area contributed by atoms with E-state index in [9.17, 15) is 14.4 Å². The molecule has 1 atom stereocenters. The van der Waals surface area contributed by atoms with E-state index >= 15 is 0 Å². The fourth-order valence-corrected chi connectivity index (χ4v) is 2.74. The van der Waals surface area contributed by atoms with Crippen LogP contribution >= 0.6 is 11.3 Å². The lowest BCUT2D eigenvalue weighted by Gasteiger charge is -2.16. The van der Waals surface area contributed by atoms with E-state index in [0.29, 0.717) is 4.88 Å². The van der Waals surface area contributed by atoms with E-state index < -0.39 is 18.0 Å². The van der Waals surface area contributed by atoms with Gasteiger partial charge in [0, 0.05) is 20.5 Å². The van der Waals surface area contributed by atoms with Crippen molar-refractivity contribution < 1.29 is 23.9 Å². The second-order valence-corrected chi connectivity index (χ2v) is 6.22. The molecule has 1 aromatic rings. The number of hydrogen-bond acceptors (Lipinski definition) is 7. The van der Waals surface area contributed by atoms with Gasteiger partial charge in [-0.15, -0.1) is 11.3 Å². The van der Waals surface area contributed by atoms with Crippen LogP contribution < -0.4 is 10.2 Å². The Hall–Kier alpha value is -2.09. The molecule has 0 saturated carbocycles. The molecule has 1 rings (SSSR count). The standard InChI is InChI=1S/C16H24N2O5S/c1-5-22-14(19)10-7-11(16(21)23-6-2)17-15(20)12-8-9-13(24-12)18(3)4/h8-9,11H,5-7,10H2,1-4H3,(H,17,20)/t11-/m0/s1. The number of anilines is 1. The molecular weight excluding hydrogens is 332 g/mol. The molecule has 1 amide bonds. The highest BCUT2D eigenvalue weighted by atomic mass is 32.1. The van der Waals surface area contributed by atoms with Crippen LogP contribution in [0, 0.1) is 0 Å². The molecule has 8 heteroatoms. The first-order valence-electron chi connectivity index (χ1n) is 7.79. The third-order valence-corrected chi connectivity index (χ3v) is 4.33. The van der Waals surface area contributed by atoms with Crippen molar-refractivity contribution >= 4 is 34.2 Å². The number of nitrogens with one attached hydrogen (secondary N) is 1. The second kappa shape index (κ2) is 9.92. The van der Waals surface area contributed by atoms with E-state index in [1.54, 1.807) is 19.9 Å². The van der Waals surface area contributed by atoms with Gasteiger partial charge in [0.2, 0.25) is 0 Å². The van der Waals surface area contributed by atoms with Crippen LogP contribution in [-0.4, -0.2) is 51.2 Å². The van der Waals surface area contributed by atoms with E-state index in [-0.39, 0.29) is 32.0 Å². The molecule has 1 N–H and O–H groups in total. The van der Waals surface area contributed by atoms with E-state index in [1.165, 1.54) is 11.3 Å². The van der Waals surface area contributed by atoms with E-state index in [0.717, 1.165) is 5.00 Å². The van der Waals surface area contributed by atoms with Gasteiger partial charge in [-0.05, 0) is 32.4 Å². The minimum absolute atomic E-state index is 0.0327. The average molecular weight is 356 g/mol. The first-order chi connectivity index (χ1) is 11.4. The largest absolute Gasteiger partial charge is 0.466 e. The molecule has 134 valence electrons. The zero-order valence-corrected chi connectivity index (χ0v) is 15.3. The van der Waals surface area contributed by atoms with Gasteiger partial charge in [-0.2, -0.15) is 0 Å². The number of ether oxygens (including phenoxy) is 2. The van der Waals surface area contributed by atoms with E-state index in [4.69, 9.17) is 9.47 Å². The second-order valence-electron chi connectivity index (χ2n) is 5.15. The molecule has 0 unspecified atom stereocenters. The van der Waals surface area contributed by atoms with Gasteiger partial charge in [0.1, 0.15) is 6.04 Å². The zero-order chi connectivity index (χ0) is 18.1. The van der Waals surface area contributed by atoms with Crippen LogP contribution in [-0.2, 0) is 19.1 Å². The highest BCUT2D eigenvalue weighted by Crippen LogP contribution is 2.24. The SMILES string of the molecule is CCOC(=O)CC[C@H](NC(=O)c1ccc(N(C)C)s1)C(=O)OCC. The first kappa shape index (κ1) is 20.0. The smallest absolute Gasteiger partial charge is 0.328 e. The number of carbonyl (C=O) groups excluding carboxylic acids is 3. The average Bonchev–Trinajstić information content (AvgIpc) is 3.02. The summed E-state index contributed by atoms with van der Waals surface area (Å²) in [5.41, 5.74) is 0. The molecule has 0 aliphatic rings. The fraction of sp³-hybridized carbons (Fsp3) is 0.562. The van der Waals surface area contributed by atoms with Crippen LogP contribution in [0.4, 0.5) is 5.00 Å². The van der Waals surface area contributed by atoms with Gasteiger partial charge in [-0.25, -0.2) is 4.79 Å². The highest BCUT2D eigenvalue weighted by molar-refractivity contribution is 7.17. The summed E-state index contributed by atoms with van der Waals surface area (Å²) in [6.45, 7) is 3.87. The van der Waals surface area contributed by atoms with Gasteiger partial charge in [0.25, 0.3) is 5.91 Å². The minimum atomic E-state index is -0.883. The quantitative estimate of drug-likeness (QED) is 0.680. The normalized spacial score (nSPS) is 11.5. The molecule has 0 aromatic carbocycles. The van der Waals surface area contributed by atoms with Crippen molar-refractivity contribution in [2.45, 2.75) is 32.7 Å². The highest BCUT2D eigenvalue weighted by Gasteiger charge is 2.24. The van der Waals surface area contributed by atoms with Crippen LogP contribution in [0.15, 0.2) is 12.1 Å². The number of amides is 1. The predicted octanol–water partition coefficient (Wildman–Crippen LogP) is 1.82. The van der Waals surface area contributed by atoms with Crippen molar-refractivity contribution in [3.8, 4) is 0 Å². The third kappa shape index (κ3) is 6.19. The molecule has 0 aliphatic carbocycles. The van der Waals surface area contributed by atoms with Gasteiger partial charge in [-0.1, -0.05) is 0 Å². The van der Waals surface area contributed by atoms with Crippen molar-refractivity contribution in [1.82, 2.24) is 5.32 Å². The number of hydrogen-bond donors (Lipinski definition) is 1. The predicted molar refractivity (Wildman–Crippen MR) is 92.4 cm³/mol. The van der Waals surface area contributed by atoms with E-state index in [2.05, 4.69) is 5.32 Å². The maximum absolute atomic E-state index is 12.3. The fourth-order valence-electron chi connectivity index (χ4n) is 1.91. The Labute approximate surface area is 145 Å². The van der Waals surface area contributed by atoms with Crippen molar-refractivity contribution in [1.29, 1.82) is 0 Å². The van der Waals surface area contributed by atoms with Gasteiger partial charge in [0.15, 0.2) is 0 Å². The van der Waals surface area contributed by atoms with Gasteiger partial charge in [-0.3, -0.25) is 9.59 Å². The summed E-state index contributed by atoms with van der Waals surface area (Å²) in [7, 11) is 3.77. The van der Waals surface area contributed by atoms with Crippen molar-refractivity contribution in [2.75, 3.05) is 32.2 Å². The zero-order valence-electron chi connectivity index (χ0n) is 14.5. The molecule has 1 aromatic heterocycles. The molecule has 0 radical (unpaired) electrons. The maximum Gasteiger partial charge on any atom is 0.328 e. The lowest BCUT2D eigenvalue weighted by Crippen LogP contribution is -2.42. The summed E-state index contributed by atoms with van der Waals surface area (Å²) >= 11 is 1.32. The van der Waals surface area contributed by atoms with Crippen LogP contribution in [0.3, 0.4) is 0 Å². The van der Waals surface area contributed by atoms with Crippen molar-refractivity contribution in [3.63, 3.8) is 0 Å². The molecule has 0 spiro atoms. The Balaban J connectivity index is 2.73. The lowest BCUT2D eigenvalue weighted by atomic mass is 10.1. The Bertz CT molecular complexity index is 571. The summed E-state index contributed by atoms with van der Waals surface area (Å²) in [6, 6.07) is 2.65. The Morgan fingerprint density at radius 1 is 1.17 bits per heavy atom. The molecule has 24 heavy (non-hydrogen) atoms. The van der Waals surface area contributed by atoms with Crippen molar-refractivity contribution in [2.24, 2.45) is 0 Å². The number of thiophene rings is 1. The summed E-state index contributed by atoms with van der Waals surface area (Å²) in [5.74, 6) is -1.33. The number of carbonyl (C=O) groups is 3. The third-order valence-electron chi connectivity index (χ3n) is 3.08. The molecule has 0 fully saturated rings. The van der Waals surface area contributed by atoms with Gasteiger partial charge >= 0.3 is 11.9 Å². The lowest BCUT2D eigenvalue weighted by molar-refractivity contribution is -0.146. The molecule has 0 aliphatic heterocycles. The summed E-state index contributed by atoms with van der Waals surface area (Å²) < 4.78 is 9.81. The van der Waals surface area contributed by atoms with Crippen molar-refractivity contribution in [3.05, 3.63) is 17.0 Å². The first-order valence-corrected chi connectivity index (χ1v) is 8.60.